The number of anilines is 1. The van der Waals surface area contributed by atoms with Crippen LogP contribution in [0, 0.1) is 0 Å². The van der Waals surface area contributed by atoms with E-state index < -0.39 is 0 Å². The van der Waals surface area contributed by atoms with Gasteiger partial charge in [-0.1, -0.05) is 18.2 Å². The Morgan fingerprint density at radius 2 is 2.00 bits per heavy atom. The third-order valence-corrected chi connectivity index (χ3v) is 4.23. The molecule has 0 saturated heterocycles. The second-order valence-electron chi connectivity index (χ2n) is 5.78. The molecule has 1 aliphatic rings. The molecule has 2 aromatic carbocycles. The molecular formula is C18H17N3O3. The van der Waals surface area contributed by atoms with Gasteiger partial charge in [-0.15, -0.1) is 0 Å². The minimum Gasteiger partial charge on any atom is -0.454 e. The van der Waals surface area contributed by atoms with Crippen molar-refractivity contribution >= 4 is 22.9 Å². The maximum atomic E-state index is 12.6. The first-order valence-corrected chi connectivity index (χ1v) is 7.70. The van der Waals surface area contributed by atoms with Crippen LogP contribution in [0.3, 0.4) is 0 Å². The lowest BCUT2D eigenvalue weighted by Crippen LogP contribution is -2.30. The number of rotatable bonds is 3. The number of amides is 1. The summed E-state index contributed by atoms with van der Waals surface area (Å²) >= 11 is 0. The van der Waals surface area contributed by atoms with E-state index in [1.807, 2.05) is 54.1 Å². The highest BCUT2D eigenvalue weighted by atomic mass is 16.7. The van der Waals surface area contributed by atoms with Crippen LogP contribution in [0.1, 0.15) is 5.56 Å². The number of hydrogen-bond donors (Lipinski definition) is 0. The predicted molar refractivity (Wildman–Crippen MR) is 90.4 cm³/mol. The average molecular weight is 323 g/mol. The Balaban J connectivity index is 1.58. The Hall–Kier alpha value is -3.02. The normalized spacial score (nSPS) is 12.6. The van der Waals surface area contributed by atoms with Gasteiger partial charge in [0.15, 0.2) is 11.5 Å². The summed E-state index contributed by atoms with van der Waals surface area (Å²) in [5.41, 5.74) is 2.75. The third-order valence-electron chi connectivity index (χ3n) is 4.23. The molecule has 0 fully saturated rings. The fourth-order valence-corrected chi connectivity index (χ4v) is 2.89. The summed E-state index contributed by atoms with van der Waals surface area (Å²) in [5, 5.41) is 0. The summed E-state index contributed by atoms with van der Waals surface area (Å²) in [6.45, 7) is 0.229. The van der Waals surface area contributed by atoms with Crippen LogP contribution in [0.15, 0.2) is 42.5 Å². The molecule has 1 amide bonds. The molecule has 4 rings (SSSR count). The highest BCUT2D eigenvalue weighted by Crippen LogP contribution is 2.32. The first kappa shape index (κ1) is 14.6. The molecular weight excluding hydrogens is 306 g/mol. The molecule has 6 heteroatoms. The van der Waals surface area contributed by atoms with Gasteiger partial charge in [-0.25, -0.2) is 4.98 Å². The van der Waals surface area contributed by atoms with Gasteiger partial charge in [-0.05, 0) is 29.8 Å². The Morgan fingerprint density at radius 1 is 1.21 bits per heavy atom. The first-order valence-electron chi connectivity index (χ1n) is 7.70. The molecule has 0 radical (unpaired) electrons. The van der Waals surface area contributed by atoms with Gasteiger partial charge in [0, 0.05) is 14.1 Å². The van der Waals surface area contributed by atoms with Gasteiger partial charge < -0.3 is 14.0 Å². The van der Waals surface area contributed by atoms with Crippen molar-refractivity contribution in [2.75, 3.05) is 18.7 Å². The molecule has 24 heavy (non-hydrogen) atoms. The van der Waals surface area contributed by atoms with Crippen LogP contribution in [0.25, 0.3) is 11.0 Å². The van der Waals surface area contributed by atoms with E-state index in [1.54, 1.807) is 11.9 Å². The van der Waals surface area contributed by atoms with E-state index in [1.165, 1.54) is 0 Å². The Kier molecular flexibility index (Phi) is 3.37. The van der Waals surface area contributed by atoms with Gasteiger partial charge in [-0.2, -0.15) is 0 Å². The van der Waals surface area contributed by atoms with Crippen molar-refractivity contribution < 1.29 is 14.3 Å². The maximum absolute atomic E-state index is 12.6. The number of fused-ring (bicyclic) bond motifs is 2. The molecule has 0 saturated carbocycles. The molecule has 1 aliphatic heterocycles. The fraction of sp³-hybridized carbons (Fsp3) is 0.222. The van der Waals surface area contributed by atoms with Crippen LogP contribution in [-0.2, 0) is 18.3 Å². The van der Waals surface area contributed by atoms with Crippen molar-refractivity contribution in [1.82, 2.24) is 9.55 Å². The summed E-state index contributed by atoms with van der Waals surface area (Å²) in [5.74, 6) is 2.00. The number of imidazole rings is 1. The summed E-state index contributed by atoms with van der Waals surface area (Å²) in [4.78, 5) is 18.8. The zero-order chi connectivity index (χ0) is 16.7. The Bertz CT molecular complexity index is 932. The van der Waals surface area contributed by atoms with Crippen molar-refractivity contribution in [3.8, 4) is 11.5 Å². The zero-order valence-corrected chi connectivity index (χ0v) is 13.5. The third kappa shape index (κ3) is 2.36. The Morgan fingerprint density at radius 3 is 2.83 bits per heavy atom. The first-order chi connectivity index (χ1) is 11.6. The fourth-order valence-electron chi connectivity index (χ4n) is 2.89. The van der Waals surface area contributed by atoms with Gasteiger partial charge in [-0.3, -0.25) is 9.69 Å². The molecule has 0 unspecified atom stereocenters. The summed E-state index contributed by atoms with van der Waals surface area (Å²) in [6.07, 6.45) is 0.274. The van der Waals surface area contributed by atoms with Gasteiger partial charge in [0.05, 0.1) is 17.5 Å². The number of ether oxygens (including phenoxy) is 2. The van der Waals surface area contributed by atoms with Gasteiger partial charge >= 0.3 is 0 Å². The van der Waals surface area contributed by atoms with E-state index in [4.69, 9.17) is 9.47 Å². The molecule has 2 heterocycles. The van der Waals surface area contributed by atoms with Crippen LogP contribution in [-0.4, -0.2) is 29.3 Å². The number of para-hydroxylation sites is 2. The minimum absolute atomic E-state index is 0.0349. The van der Waals surface area contributed by atoms with Crippen LogP contribution in [0.4, 0.5) is 5.95 Å². The van der Waals surface area contributed by atoms with Crippen LogP contribution in [0.5, 0.6) is 11.5 Å². The molecule has 0 atom stereocenters. The molecule has 122 valence electrons. The van der Waals surface area contributed by atoms with Crippen LogP contribution in [0.2, 0.25) is 0 Å². The summed E-state index contributed by atoms with van der Waals surface area (Å²) in [7, 11) is 3.66. The largest absolute Gasteiger partial charge is 0.454 e. The lowest BCUT2D eigenvalue weighted by Gasteiger charge is -2.16. The van der Waals surface area contributed by atoms with Crippen LogP contribution < -0.4 is 14.4 Å². The highest BCUT2D eigenvalue weighted by molar-refractivity contribution is 5.94. The second kappa shape index (κ2) is 5.56. The van der Waals surface area contributed by atoms with E-state index in [0.29, 0.717) is 11.7 Å². The maximum Gasteiger partial charge on any atom is 0.233 e. The minimum atomic E-state index is -0.0349. The quantitative estimate of drug-likeness (QED) is 0.743. The number of carbonyl (C=O) groups is 1. The number of hydrogen-bond acceptors (Lipinski definition) is 4. The molecule has 0 aliphatic carbocycles. The number of likely N-dealkylation sites (N-methyl/N-ethyl adjacent to an activating group) is 1. The van der Waals surface area contributed by atoms with Crippen molar-refractivity contribution in [3.63, 3.8) is 0 Å². The van der Waals surface area contributed by atoms with E-state index >= 15 is 0 Å². The molecule has 3 aromatic rings. The van der Waals surface area contributed by atoms with E-state index in [9.17, 15) is 4.79 Å². The van der Waals surface area contributed by atoms with Gasteiger partial charge in [0.2, 0.25) is 18.6 Å². The van der Waals surface area contributed by atoms with Gasteiger partial charge in [0.25, 0.3) is 0 Å². The van der Waals surface area contributed by atoms with Crippen LogP contribution >= 0.6 is 0 Å². The molecule has 0 spiro atoms. The SMILES string of the molecule is CN(C(=O)Cc1ccc2c(c1)OCO2)c1nc2ccccc2n1C. The Labute approximate surface area is 139 Å². The lowest BCUT2D eigenvalue weighted by molar-refractivity contribution is -0.117. The smallest absolute Gasteiger partial charge is 0.233 e. The molecule has 0 N–H and O–H groups in total. The average Bonchev–Trinajstić information content (AvgIpc) is 3.18. The highest BCUT2D eigenvalue weighted by Gasteiger charge is 2.19. The van der Waals surface area contributed by atoms with E-state index in [2.05, 4.69) is 4.98 Å². The summed E-state index contributed by atoms with van der Waals surface area (Å²) in [6, 6.07) is 13.4. The number of carbonyl (C=O) groups excluding carboxylic acids is 1. The molecule has 6 nitrogen and oxygen atoms in total. The van der Waals surface area contributed by atoms with Crippen molar-refractivity contribution in [2.24, 2.45) is 7.05 Å². The van der Waals surface area contributed by atoms with Crippen molar-refractivity contribution in [1.29, 1.82) is 0 Å². The predicted octanol–water partition coefficient (Wildman–Crippen LogP) is 2.51. The monoisotopic (exact) mass is 323 g/mol. The standard InChI is InChI=1S/C18H17N3O3/c1-20-14-6-4-3-5-13(14)19-18(20)21(2)17(22)10-12-7-8-15-16(9-12)24-11-23-15/h3-9H,10-11H2,1-2H3. The van der Waals surface area contributed by atoms with Crippen molar-refractivity contribution in [3.05, 3.63) is 48.0 Å². The van der Waals surface area contributed by atoms with E-state index in [0.717, 1.165) is 22.3 Å². The summed E-state index contributed by atoms with van der Waals surface area (Å²) < 4.78 is 12.6. The van der Waals surface area contributed by atoms with Crippen molar-refractivity contribution in [2.45, 2.75) is 6.42 Å². The number of benzene rings is 2. The zero-order valence-electron chi connectivity index (χ0n) is 13.5. The second-order valence-corrected chi connectivity index (χ2v) is 5.78. The van der Waals surface area contributed by atoms with Gasteiger partial charge in [0.1, 0.15) is 0 Å². The number of aromatic nitrogens is 2. The number of aryl methyl sites for hydroxylation is 1. The lowest BCUT2D eigenvalue weighted by atomic mass is 10.1. The molecule has 0 bridgehead atoms. The number of nitrogens with zero attached hydrogens (tertiary/aromatic N) is 3. The van der Waals surface area contributed by atoms with E-state index in [-0.39, 0.29) is 19.1 Å². The topological polar surface area (TPSA) is 56.6 Å². The molecule has 1 aromatic heterocycles.